The fourth-order valence-corrected chi connectivity index (χ4v) is 1.63. The minimum atomic E-state index is 0.0194. The maximum Gasteiger partial charge on any atom is 0.222 e. The first-order valence-corrected chi connectivity index (χ1v) is 5.53. The van der Waals surface area contributed by atoms with E-state index >= 15 is 0 Å². The highest BCUT2D eigenvalue weighted by Gasteiger charge is 2.31. The Morgan fingerprint density at radius 1 is 1.65 bits per heavy atom. The highest BCUT2D eigenvalue weighted by atomic mass is 16.5. The Labute approximate surface area is 99.6 Å². The van der Waals surface area contributed by atoms with Crippen molar-refractivity contribution in [2.75, 3.05) is 13.1 Å². The van der Waals surface area contributed by atoms with Crippen molar-refractivity contribution in [2.45, 2.75) is 19.4 Å². The van der Waals surface area contributed by atoms with Crippen LogP contribution in [-0.2, 0) is 4.79 Å². The van der Waals surface area contributed by atoms with Crippen LogP contribution in [0.5, 0.6) is 5.88 Å². The zero-order valence-electron chi connectivity index (χ0n) is 9.59. The van der Waals surface area contributed by atoms with E-state index in [-0.39, 0.29) is 12.0 Å². The molecule has 1 saturated heterocycles. The minimum absolute atomic E-state index is 0.0194. The van der Waals surface area contributed by atoms with Crippen LogP contribution in [-0.4, -0.2) is 35.0 Å². The number of likely N-dealkylation sites (tertiary alicyclic amines) is 1. The highest BCUT2D eigenvalue weighted by molar-refractivity contribution is 5.76. The first kappa shape index (κ1) is 11.4. The first-order valence-electron chi connectivity index (χ1n) is 5.53. The van der Waals surface area contributed by atoms with E-state index in [2.05, 4.69) is 4.98 Å². The molecule has 5 heteroatoms. The van der Waals surface area contributed by atoms with Crippen molar-refractivity contribution >= 4 is 5.91 Å². The number of carbonyl (C=O) groups excluding carboxylic acids is 1. The van der Waals surface area contributed by atoms with Crippen molar-refractivity contribution in [1.82, 2.24) is 9.88 Å². The summed E-state index contributed by atoms with van der Waals surface area (Å²) in [7, 11) is 0. The van der Waals surface area contributed by atoms with Crippen LogP contribution in [0.1, 0.15) is 18.9 Å². The molecule has 1 fully saturated rings. The Kier molecular flexibility index (Phi) is 3.24. The van der Waals surface area contributed by atoms with Gasteiger partial charge in [0.1, 0.15) is 12.2 Å². The molecule has 0 bridgehead atoms. The maximum absolute atomic E-state index is 11.3. The third kappa shape index (κ3) is 2.53. The number of pyridine rings is 1. The number of rotatable bonds is 3. The van der Waals surface area contributed by atoms with Crippen LogP contribution in [0, 0.1) is 11.3 Å². The predicted octanol–water partition coefficient (Wildman–Crippen LogP) is 0.953. The number of carbonyl (C=O) groups is 1. The van der Waals surface area contributed by atoms with Crippen molar-refractivity contribution in [3.63, 3.8) is 0 Å². The van der Waals surface area contributed by atoms with Crippen molar-refractivity contribution in [3.8, 4) is 11.9 Å². The average molecular weight is 231 g/mol. The predicted molar refractivity (Wildman–Crippen MR) is 60.2 cm³/mol. The van der Waals surface area contributed by atoms with Crippen LogP contribution < -0.4 is 4.74 Å². The topological polar surface area (TPSA) is 66.2 Å². The molecular weight excluding hydrogens is 218 g/mol. The van der Waals surface area contributed by atoms with Crippen LogP contribution in [0.25, 0.3) is 0 Å². The molecule has 0 aromatic carbocycles. The van der Waals surface area contributed by atoms with E-state index in [1.54, 1.807) is 17.0 Å². The van der Waals surface area contributed by atoms with E-state index in [4.69, 9.17) is 10.00 Å². The SMILES string of the molecule is CCC(=O)N1CC(Oc2ccc(C#N)cn2)C1. The lowest BCUT2D eigenvalue weighted by Crippen LogP contribution is -2.56. The second-order valence-corrected chi connectivity index (χ2v) is 3.89. The molecule has 1 aromatic heterocycles. The number of hydrogen-bond donors (Lipinski definition) is 0. The summed E-state index contributed by atoms with van der Waals surface area (Å²) in [5, 5.41) is 8.62. The quantitative estimate of drug-likeness (QED) is 0.776. The number of hydrogen-bond acceptors (Lipinski definition) is 4. The molecule has 2 rings (SSSR count). The van der Waals surface area contributed by atoms with Gasteiger partial charge in [-0.3, -0.25) is 4.79 Å². The van der Waals surface area contributed by atoms with Crippen molar-refractivity contribution in [1.29, 1.82) is 5.26 Å². The molecule has 88 valence electrons. The van der Waals surface area contributed by atoms with Gasteiger partial charge in [0, 0.05) is 18.7 Å². The van der Waals surface area contributed by atoms with E-state index in [1.807, 2.05) is 13.0 Å². The summed E-state index contributed by atoms with van der Waals surface area (Å²) in [6.07, 6.45) is 2.02. The molecule has 1 aliphatic rings. The van der Waals surface area contributed by atoms with E-state index < -0.39 is 0 Å². The number of aromatic nitrogens is 1. The van der Waals surface area contributed by atoms with E-state index in [9.17, 15) is 4.79 Å². The molecule has 1 amide bonds. The van der Waals surface area contributed by atoms with Gasteiger partial charge in [-0.1, -0.05) is 6.92 Å². The molecule has 0 unspecified atom stereocenters. The van der Waals surface area contributed by atoms with E-state index in [0.717, 1.165) is 0 Å². The molecule has 17 heavy (non-hydrogen) atoms. The van der Waals surface area contributed by atoms with E-state index in [1.165, 1.54) is 6.20 Å². The highest BCUT2D eigenvalue weighted by Crippen LogP contribution is 2.16. The van der Waals surface area contributed by atoms with Gasteiger partial charge in [-0.05, 0) is 6.07 Å². The van der Waals surface area contributed by atoms with Gasteiger partial charge in [0.2, 0.25) is 11.8 Å². The first-order chi connectivity index (χ1) is 8.22. The Morgan fingerprint density at radius 2 is 2.41 bits per heavy atom. The fraction of sp³-hybridized carbons (Fsp3) is 0.417. The molecule has 0 atom stereocenters. The Bertz CT molecular complexity index is 444. The zero-order chi connectivity index (χ0) is 12.3. The van der Waals surface area contributed by atoms with Crippen LogP contribution in [0.4, 0.5) is 0 Å². The second-order valence-electron chi connectivity index (χ2n) is 3.89. The van der Waals surface area contributed by atoms with Gasteiger partial charge >= 0.3 is 0 Å². The maximum atomic E-state index is 11.3. The smallest absolute Gasteiger partial charge is 0.222 e. The lowest BCUT2D eigenvalue weighted by Gasteiger charge is -2.38. The lowest BCUT2D eigenvalue weighted by atomic mass is 10.1. The van der Waals surface area contributed by atoms with Crippen LogP contribution in [0.3, 0.4) is 0 Å². The van der Waals surface area contributed by atoms with Crippen molar-refractivity contribution in [3.05, 3.63) is 23.9 Å². The summed E-state index contributed by atoms with van der Waals surface area (Å²) >= 11 is 0. The normalized spacial score (nSPS) is 14.9. The Hall–Kier alpha value is -2.09. The summed E-state index contributed by atoms with van der Waals surface area (Å²) in [6.45, 7) is 3.08. The minimum Gasteiger partial charge on any atom is -0.471 e. The fourth-order valence-electron chi connectivity index (χ4n) is 1.63. The van der Waals surface area contributed by atoms with Gasteiger partial charge in [0.25, 0.3) is 0 Å². The third-order valence-corrected chi connectivity index (χ3v) is 2.66. The summed E-state index contributed by atoms with van der Waals surface area (Å²) in [6, 6.07) is 5.33. The summed E-state index contributed by atoms with van der Waals surface area (Å²) in [4.78, 5) is 17.1. The molecule has 5 nitrogen and oxygen atoms in total. The molecule has 1 aromatic rings. The summed E-state index contributed by atoms with van der Waals surface area (Å²) < 4.78 is 5.56. The van der Waals surface area contributed by atoms with Gasteiger partial charge in [-0.25, -0.2) is 4.98 Å². The standard InChI is InChI=1S/C12H13N3O2/c1-2-12(16)15-7-10(8-15)17-11-4-3-9(5-13)6-14-11/h3-4,6,10H,2,7-8H2,1H3. The largest absolute Gasteiger partial charge is 0.471 e. The number of amides is 1. The summed E-state index contributed by atoms with van der Waals surface area (Å²) in [5.41, 5.74) is 0.508. The van der Waals surface area contributed by atoms with Crippen LogP contribution in [0.2, 0.25) is 0 Å². The molecule has 0 spiro atoms. The summed E-state index contributed by atoms with van der Waals surface area (Å²) in [5.74, 6) is 0.648. The molecule has 0 radical (unpaired) electrons. The molecular formula is C12H13N3O2. The monoisotopic (exact) mass is 231 g/mol. The molecule has 2 heterocycles. The molecule has 1 aliphatic heterocycles. The van der Waals surface area contributed by atoms with Gasteiger partial charge in [0.05, 0.1) is 18.7 Å². The Balaban J connectivity index is 1.84. The van der Waals surface area contributed by atoms with Gasteiger partial charge < -0.3 is 9.64 Å². The third-order valence-electron chi connectivity index (χ3n) is 2.66. The zero-order valence-corrected chi connectivity index (χ0v) is 9.59. The number of nitrogens with zero attached hydrogens (tertiary/aromatic N) is 3. The molecule has 0 N–H and O–H groups in total. The molecule has 0 aliphatic carbocycles. The Morgan fingerprint density at radius 3 is 2.94 bits per heavy atom. The van der Waals surface area contributed by atoms with Crippen molar-refractivity contribution < 1.29 is 9.53 Å². The van der Waals surface area contributed by atoms with Crippen LogP contribution >= 0.6 is 0 Å². The second kappa shape index (κ2) is 4.83. The van der Waals surface area contributed by atoms with E-state index in [0.29, 0.717) is 31.0 Å². The molecule has 0 saturated carbocycles. The number of nitriles is 1. The van der Waals surface area contributed by atoms with Crippen molar-refractivity contribution in [2.24, 2.45) is 0 Å². The van der Waals surface area contributed by atoms with Gasteiger partial charge in [-0.2, -0.15) is 5.26 Å². The van der Waals surface area contributed by atoms with Gasteiger partial charge in [0.15, 0.2) is 0 Å². The van der Waals surface area contributed by atoms with Gasteiger partial charge in [-0.15, -0.1) is 0 Å². The lowest BCUT2D eigenvalue weighted by molar-refractivity contribution is -0.139. The van der Waals surface area contributed by atoms with Crippen LogP contribution in [0.15, 0.2) is 18.3 Å². The average Bonchev–Trinajstić information content (AvgIpc) is 2.33. The number of ether oxygens (including phenoxy) is 1.